The first kappa shape index (κ1) is 16.8. The lowest BCUT2D eigenvalue weighted by Crippen LogP contribution is -2.12. The molecule has 1 aromatic heterocycles. The van der Waals surface area contributed by atoms with Crippen LogP contribution in [0.5, 0.6) is 5.75 Å². The van der Waals surface area contributed by atoms with Crippen LogP contribution in [0.1, 0.15) is 10.4 Å². The van der Waals surface area contributed by atoms with Crippen molar-refractivity contribution in [2.24, 2.45) is 0 Å². The molecule has 2 N–H and O–H groups in total. The molecule has 0 radical (unpaired) electrons. The Morgan fingerprint density at radius 2 is 1.88 bits per heavy atom. The lowest BCUT2D eigenvalue weighted by atomic mass is 10.2. The molecule has 0 aliphatic rings. The van der Waals surface area contributed by atoms with E-state index in [-0.39, 0.29) is 5.91 Å². The standard InChI is InChI=1S/C19H16ClN3O2/c1-25-16-6-4-5-14(10-16)22-15-9-13(11-21-12-15)19(24)23-18-8-3-2-7-17(18)20/h2-12,22H,1H3,(H,23,24). The van der Waals surface area contributed by atoms with E-state index in [0.717, 1.165) is 11.4 Å². The number of nitrogens with one attached hydrogen (secondary N) is 2. The molecule has 6 heteroatoms. The lowest BCUT2D eigenvalue weighted by Gasteiger charge is -2.10. The summed E-state index contributed by atoms with van der Waals surface area (Å²) in [5.41, 5.74) is 2.51. The van der Waals surface area contributed by atoms with Crippen molar-refractivity contribution in [1.82, 2.24) is 4.98 Å². The van der Waals surface area contributed by atoms with Crippen molar-refractivity contribution >= 4 is 34.6 Å². The van der Waals surface area contributed by atoms with Crippen LogP contribution in [0.25, 0.3) is 0 Å². The summed E-state index contributed by atoms with van der Waals surface area (Å²) < 4.78 is 5.20. The molecule has 0 aliphatic heterocycles. The molecule has 3 rings (SSSR count). The maximum absolute atomic E-state index is 12.4. The van der Waals surface area contributed by atoms with E-state index in [4.69, 9.17) is 16.3 Å². The van der Waals surface area contributed by atoms with Gasteiger partial charge in [-0.15, -0.1) is 0 Å². The highest BCUT2D eigenvalue weighted by molar-refractivity contribution is 6.33. The highest BCUT2D eigenvalue weighted by Crippen LogP contribution is 2.23. The third-order valence-electron chi connectivity index (χ3n) is 3.48. The van der Waals surface area contributed by atoms with Crippen molar-refractivity contribution < 1.29 is 9.53 Å². The van der Waals surface area contributed by atoms with Gasteiger partial charge < -0.3 is 15.4 Å². The molecule has 25 heavy (non-hydrogen) atoms. The highest BCUT2D eigenvalue weighted by Gasteiger charge is 2.09. The van der Waals surface area contributed by atoms with Gasteiger partial charge in [0.1, 0.15) is 5.75 Å². The molecule has 0 bridgehead atoms. The largest absolute Gasteiger partial charge is 0.497 e. The minimum atomic E-state index is -0.283. The van der Waals surface area contributed by atoms with E-state index in [1.807, 2.05) is 24.3 Å². The molecule has 0 fully saturated rings. The van der Waals surface area contributed by atoms with Crippen molar-refractivity contribution in [2.45, 2.75) is 0 Å². The van der Waals surface area contributed by atoms with Gasteiger partial charge in [0.2, 0.25) is 0 Å². The zero-order chi connectivity index (χ0) is 17.6. The first-order valence-corrected chi connectivity index (χ1v) is 7.95. The fourth-order valence-corrected chi connectivity index (χ4v) is 2.44. The second-order valence-electron chi connectivity index (χ2n) is 5.25. The Labute approximate surface area is 150 Å². The van der Waals surface area contributed by atoms with Gasteiger partial charge in [0.15, 0.2) is 0 Å². The number of halogens is 1. The number of anilines is 3. The van der Waals surface area contributed by atoms with Crippen LogP contribution < -0.4 is 15.4 Å². The molecule has 0 atom stereocenters. The summed E-state index contributed by atoms with van der Waals surface area (Å²) in [4.78, 5) is 16.5. The zero-order valence-corrected chi connectivity index (χ0v) is 14.2. The van der Waals surface area contributed by atoms with E-state index in [9.17, 15) is 4.79 Å². The Kier molecular flexibility index (Phi) is 5.16. The summed E-state index contributed by atoms with van der Waals surface area (Å²) in [6, 6.07) is 16.3. The molecule has 3 aromatic rings. The molecule has 1 heterocycles. The number of carbonyl (C=O) groups is 1. The molecule has 0 saturated heterocycles. The number of hydrogen-bond acceptors (Lipinski definition) is 4. The highest BCUT2D eigenvalue weighted by atomic mass is 35.5. The van der Waals surface area contributed by atoms with Gasteiger partial charge >= 0.3 is 0 Å². The Balaban J connectivity index is 1.76. The summed E-state index contributed by atoms with van der Waals surface area (Å²) in [5.74, 6) is 0.459. The van der Waals surface area contributed by atoms with E-state index in [1.165, 1.54) is 6.20 Å². The van der Waals surface area contributed by atoms with Gasteiger partial charge in [0, 0.05) is 18.0 Å². The van der Waals surface area contributed by atoms with E-state index in [2.05, 4.69) is 15.6 Å². The van der Waals surface area contributed by atoms with E-state index in [1.54, 1.807) is 43.6 Å². The van der Waals surface area contributed by atoms with Crippen molar-refractivity contribution in [3.05, 3.63) is 77.6 Å². The van der Waals surface area contributed by atoms with Crippen LogP contribution >= 0.6 is 11.6 Å². The number of nitrogens with zero attached hydrogens (tertiary/aromatic N) is 1. The number of hydrogen-bond donors (Lipinski definition) is 2. The van der Waals surface area contributed by atoms with Crippen LogP contribution in [0, 0.1) is 0 Å². The molecule has 1 amide bonds. The number of rotatable bonds is 5. The fraction of sp³-hybridized carbons (Fsp3) is 0.0526. The Hall–Kier alpha value is -3.05. The number of para-hydroxylation sites is 1. The number of benzene rings is 2. The molecule has 0 saturated carbocycles. The van der Waals surface area contributed by atoms with Crippen molar-refractivity contribution in [2.75, 3.05) is 17.7 Å². The maximum atomic E-state index is 12.4. The third-order valence-corrected chi connectivity index (χ3v) is 3.81. The van der Waals surface area contributed by atoms with Gasteiger partial charge in [0.05, 0.1) is 35.3 Å². The second kappa shape index (κ2) is 7.68. The third kappa shape index (κ3) is 4.28. The van der Waals surface area contributed by atoms with Crippen molar-refractivity contribution in [3.8, 4) is 5.75 Å². The summed E-state index contributed by atoms with van der Waals surface area (Å²) in [6.45, 7) is 0. The Morgan fingerprint density at radius 1 is 1.04 bits per heavy atom. The van der Waals surface area contributed by atoms with Gasteiger partial charge in [-0.3, -0.25) is 9.78 Å². The van der Waals surface area contributed by atoms with Crippen LogP contribution in [-0.2, 0) is 0 Å². The van der Waals surface area contributed by atoms with Crippen LogP contribution in [0.3, 0.4) is 0 Å². The fourth-order valence-electron chi connectivity index (χ4n) is 2.26. The minimum absolute atomic E-state index is 0.283. The molecule has 5 nitrogen and oxygen atoms in total. The van der Waals surface area contributed by atoms with Crippen molar-refractivity contribution in [3.63, 3.8) is 0 Å². The maximum Gasteiger partial charge on any atom is 0.257 e. The Bertz CT molecular complexity index is 899. The normalized spacial score (nSPS) is 10.2. The van der Waals surface area contributed by atoms with E-state index < -0.39 is 0 Å². The number of pyridine rings is 1. The summed E-state index contributed by atoms with van der Waals surface area (Å²) in [7, 11) is 1.61. The molecular weight excluding hydrogens is 338 g/mol. The summed E-state index contributed by atoms with van der Waals surface area (Å²) in [5, 5.41) is 6.46. The minimum Gasteiger partial charge on any atom is -0.497 e. The molecule has 0 unspecified atom stereocenters. The number of amides is 1. The Morgan fingerprint density at radius 3 is 2.68 bits per heavy atom. The second-order valence-corrected chi connectivity index (χ2v) is 5.66. The number of ether oxygens (including phenoxy) is 1. The van der Waals surface area contributed by atoms with Gasteiger partial charge in [-0.2, -0.15) is 0 Å². The van der Waals surface area contributed by atoms with Gasteiger partial charge in [-0.1, -0.05) is 29.8 Å². The predicted octanol–water partition coefficient (Wildman–Crippen LogP) is 4.74. The molecule has 0 spiro atoms. The van der Waals surface area contributed by atoms with E-state index in [0.29, 0.717) is 22.0 Å². The van der Waals surface area contributed by atoms with Crippen LogP contribution in [-0.4, -0.2) is 18.0 Å². The quantitative estimate of drug-likeness (QED) is 0.695. The average Bonchev–Trinajstić information content (AvgIpc) is 2.64. The van der Waals surface area contributed by atoms with Crippen molar-refractivity contribution in [1.29, 1.82) is 0 Å². The molecule has 0 aliphatic carbocycles. The topological polar surface area (TPSA) is 63.2 Å². The summed E-state index contributed by atoms with van der Waals surface area (Å²) in [6.07, 6.45) is 3.15. The SMILES string of the molecule is COc1cccc(Nc2cncc(C(=O)Nc3ccccc3Cl)c2)c1. The van der Waals surface area contributed by atoms with Gasteiger partial charge in [0.25, 0.3) is 5.91 Å². The van der Waals surface area contributed by atoms with Gasteiger partial charge in [-0.05, 0) is 30.3 Å². The summed E-state index contributed by atoms with van der Waals surface area (Å²) >= 11 is 6.07. The number of carbonyl (C=O) groups excluding carboxylic acids is 1. The van der Waals surface area contributed by atoms with Crippen LogP contribution in [0.15, 0.2) is 67.0 Å². The van der Waals surface area contributed by atoms with E-state index >= 15 is 0 Å². The average molecular weight is 354 g/mol. The van der Waals surface area contributed by atoms with Gasteiger partial charge in [-0.25, -0.2) is 0 Å². The lowest BCUT2D eigenvalue weighted by molar-refractivity contribution is 0.102. The monoisotopic (exact) mass is 353 g/mol. The first-order valence-electron chi connectivity index (χ1n) is 7.58. The predicted molar refractivity (Wildman–Crippen MR) is 99.9 cm³/mol. The van der Waals surface area contributed by atoms with Crippen LogP contribution in [0.4, 0.5) is 17.1 Å². The molecule has 2 aromatic carbocycles. The van der Waals surface area contributed by atoms with Crippen LogP contribution in [0.2, 0.25) is 5.02 Å². The smallest absolute Gasteiger partial charge is 0.257 e. The zero-order valence-electron chi connectivity index (χ0n) is 13.5. The molecule has 126 valence electrons. The first-order chi connectivity index (χ1) is 12.2. The number of aromatic nitrogens is 1. The number of methoxy groups -OCH3 is 1. The molecular formula is C19H16ClN3O2.